The summed E-state index contributed by atoms with van der Waals surface area (Å²) >= 11 is 0. The van der Waals surface area contributed by atoms with Gasteiger partial charge in [-0.2, -0.15) is 0 Å². The Morgan fingerprint density at radius 1 is 1.10 bits per heavy atom. The van der Waals surface area contributed by atoms with E-state index in [1.54, 1.807) is 0 Å². The maximum Gasteiger partial charge on any atom is 0.234 e. The van der Waals surface area contributed by atoms with E-state index in [-0.39, 0.29) is 16.9 Å². The molecule has 0 unspecified atom stereocenters. The average Bonchev–Trinajstić information content (AvgIpc) is 2.96. The number of carbonyl (C=O) groups is 1. The Morgan fingerprint density at radius 3 is 2.29 bits per heavy atom. The van der Waals surface area contributed by atoms with E-state index in [1.165, 1.54) is 19.3 Å². The minimum Gasteiger partial charge on any atom is -0.349 e. The van der Waals surface area contributed by atoms with Crippen LogP contribution in [-0.2, 0) is 4.79 Å². The lowest BCUT2D eigenvalue weighted by atomic mass is 9.64. The fourth-order valence-electron chi connectivity index (χ4n) is 4.91. The lowest BCUT2D eigenvalue weighted by Gasteiger charge is -2.48. The quantitative estimate of drug-likeness (QED) is 0.858. The van der Waals surface area contributed by atoms with Crippen LogP contribution in [0.1, 0.15) is 40.0 Å². The number of hydrogen-bond acceptors (Lipinski definition) is 3. The number of piperazine rings is 1. The van der Waals surface area contributed by atoms with Crippen molar-refractivity contribution in [2.75, 3.05) is 39.8 Å². The van der Waals surface area contributed by atoms with Crippen molar-refractivity contribution in [1.29, 1.82) is 0 Å². The highest BCUT2D eigenvalue weighted by Crippen LogP contribution is 2.61. The lowest BCUT2D eigenvalue weighted by Crippen LogP contribution is -2.61. The van der Waals surface area contributed by atoms with Crippen LogP contribution in [0.15, 0.2) is 0 Å². The molecule has 1 N–H and O–H groups in total. The van der Waals surface area contributed by atoms with Crippen molar-refractivity contribution >= 4 is 5.91 Å². The molecule has 4 nitrogen and oxygen atoms in total. The summed E-state index contributed by atoms with van der Waals surface area (Å²) in [6, 6.07) is 0. The van der Waals surface area contributed by atoms with Crippen molar-refractivity contribution in [2.24, 2.45) is 17.3 Å². The number of amides is 1. The number of rotatable bonds is 3. The first-order valence-electron chi connectivity index (χ1n) is 8.55. The molecular weight excluding hydrogens is 262 g/mol. The number of nitrogens with one attached hydrogen (secondary N) is 1. The highest BCUT2D eigenvalue weighted by Gasteiger charge is 2.60. The van der Waals surface area contributed by atoms with Gasteiger partial charge in [0.25, 0.3) is 0 Å². The van der Waals surface area contributed by atoms with Gasteiger partial charge in [0.2, 0.25) is 5.91 Å². The minimum absolute atomic E-state index is 0.0143. The molecule has 2 bridgehead atoms. The molecule has 1 saturated heterocycles. The zero-order valence-corrected chi connectivity index (χ0v) is 14.1. The van der Waals surface area contributed by atoms with E-state index in [1.807, 2.05) is 0 Å². The van der Waals surface area contributed by atoms with E-state index in [4.69, 9.17) is 0 Å². The zero-order chi connectivity index (χ0) is 15.3. The van der Waals surface area contributed by atoms with Crippen LogP contribution in [0.5, 0.6) is 0 Å². The fraction of sp³-hybridized carbons (Fsp3) is 0.941. The molecule has 3 aliphatic rings. The number of nitrogens with zero attached hydrogens (tertiary/aromatic N) is 2. The summed E-state index contributed by atoms with van der Waals surface area (Å²) in [5, 5.41) is 3.44. The van der Waals surface area contributed by atoms with E-state index < -0.39 is 0 Å². The van der Waals surface area contributed by atoms with Crippen molar-refractivity contribution < 1.29 is 4.79 Å². The summed E-state index contributed by atoms with van der Waals surface area (Å²) < 4.78 is 0. The van der Waals surface area contributed by atoms with Gasteiger partial charge >= 0.3 is 0 Å². The van der Waals surface area contributed by atoms with Crippen LogP contribution in [0.2, 0.25) is 0 Å². The molecule has 1 aliphatic heterocycles. The van der Waals surface area contributed by atoms with Crippen LogP contribution in [0, 0.1) is 17.3 Å². The van der Waals surface area contributed by atoms with Gasteiger partial charge in [-0.3, -0.25) is 9.69 Å². The first-order chi connectivity index (χ1) is 9.83. The normalized spacial score (nSPS) is 39.6. The van der Waals surface area contributed by atoms with Gasteiger partial charge in [-0.05, 0) is 50.5 Å². The van der Waals surface area contributed by atoms with Crippen LogP contribution in [0.4, 0.5) is 0 Å². The fourth-order valence-corrected chi connectivity index (χ4v) is 4.91. The molecule has 0 radical (unpaired) electrons. The van der Waals surface area contributed by atoms with Gasteiger partial charge < -0.3 is 10.2 Å². The van der Waals surface area contributed by atoms with Crippen molar-refractivity contribution in [2.45, 2.75) is 45.6 Å². The monoisotopic (exact) mass is 293 g/mol. The third kappa shape index (κ3) is 2.50. The number of likely N-dealkylation sites (N-methyl/N-ethyl adjacent to an activating group) is 1. The first-order valence-corrected chi connectivity index (χ1v) is 8.55. The Balaban J connectivity index is 1.59. The summed E-state index contributed by atoms with van der Waals surface area (Å²) in [6.45, 7) is 11.7. The molecule has 1 heterocycles. The Bertz CT molecular complexity index is 414. The van der Waals surface area contributed by atoms with Crippen LogP contribution in [-0.4, -0.2) is 61.0 Å². The molecule has 2 saturated carbocycles. The van der Waals surface area contributed by atoms with Gasteiger partial charge in [0.1, 0.15) is 0 Å². The van der Waals surface area contributed by atoms with Gasteiger partial charge in [0.05, 0.1) is 6.54 Å². The SMILES string of the molecule is CN1CCN(CC(=O)N[C@]2(C)[C@@H]3CC[C@H](C3)C2(C)C)CC1. The molecule has 120 valence electrons. The second-order valence-corrected chi connectivity index (χ2v) is 8.26. The molecule has 4 heteroatoms. The molecule has 0 spiro atoms. The Hall–Kier alpha value is -0.610. The number of hydrogen-bond donors (Lipinski definition) is 1. The predicted octanol–water partition coefficient (Wildman–Crippen LogP) is 1.56. The summed E-state index contributed by atoms with van der Waals surface area (Å²) in [5.41, 5.74) is 0.216. The molecule has 2 aliphatic carbocycles. The van der Waals surface area contributed by atoms with Gasteiger partial charge in [-0.1, -0.05) is 13.8 Å². The number of carbonyl (C=O) groups excluding carboxylic acids is 1. The molecule has 21 heavy (non-hydrogen) atoms. The molecular formula is C17H31N3O. The van der Waals surface area contributed by atoms with Gasteiger partial charge in [-0.25, -0.2) is 0 Å². The maximum atomic E-state index is 12.6. The zero-order valence-electron chi connectivity index (χ0n) is 14.1. The Morgan fingerprint density at radius 2 is 1.71 bits per heavy atom. The van der Waals surface area contributed by atoms with Crippen LogP contribution < -0.4 is 5.32 Å². The smallest absolute Gasteiger partial charge is 0.234 e. The molecule has 3 rings (SSSR count). The van der Waals surface area contributed by atoms with Crippen LogP contribution in [0.3, 0.4) is 0 Å². The first kappa shape index (κ1) is 15.3. The second-order valence-electron chi connectivity index (χ2n) is 8.26. The Kier molecular flexibility index (Phi) is 3.81. The minimum atomic E-state index is -0.0143. The third-order valence-electron chi connectivity index (χ3n) is 6.97. The molecule has 0 aromatic rings. The standard InChI is InChI=1S/C17H31N3O/c1-16(2)13-5-6-14(11-13)17(16,3)18-15(21)12-20-9-7-19(4)8-10-20/h13-14H,5-12H2,1-4H3,(H,18,21)/t13-,14-,17-/m1/s1. The molecule has 3 fully saturated rings. The van der Waals surface area contributed by atoms with E-state index in [2.05, 4.69) is 42.9 Å². The van der Waals surface area contributed by atoms with Gasteiger partial charge in [-0.15, -0.1) is 0 Å². The number of fused-ring (bicyclic) bond motifs is 2. The summed E-state index contributed by atoms with van der Waals surface area (Å²) in [7, 11) is 2.15. The Labute approximate surface area is 129 Å². The van der Waals surface area contributed by atoms with Crippen molar-refractivity contribution in [3.05, 3.63) is 0 Å². The average molecular weight is 293 g/mol. The molecule has 3 atom stereocenters. The molecule has 0 aromatic heterocycles. The van der Waals surface area contributed by atoms with Crippen molar-refractivity contribution in [3.8, 4) is 0 Å². The van der Waals surface area contributed by atoms with Crippen LogP contribution in [0.25, 0.3) is 0 Å². The van der Waals surface area contributed by atoms with E-state index >= 15 is 0 Å². The second kappa shape index (κ2) is 5.24. The summed E-state index contributed by atoms with van der Waals surface area (Å²) in [5.74, 6) is 1.69. The summed E-state index contributed by atoms with van der Waals surface area (Å²) in [4.78, 5) is 17.2. The maximum absolute atomic E-state index is 12.6. The van der Waals surface area contributed by atoms with Crippen LogP contribution >= 0.6 is 0 Å². The van der Waals surface area contributed by atoms with E-state index in [0.717, 1.165) is 32.1 Å². The third-order valence-corrected chi connectivity index (χ3v) is 6.97. The predicted molar refractivity (Wildman–Crippen MR) is 85.1 cm³/mol. The molecule has 0 aromatic carbocycles. The summed E-state index contributed by atoms with van der Waals surface area (Å²) in [6.07, 6.45) is 3.94. The largest absolute Gasteiger partial charge is 0.349 e. The molecule has 1 amide bonds. The topological polar surface area (TPSA) is 35.6 Å². The highest BCUT2D eigenvalue weighted by atomic mass is 16.2. The lowest BCUT2D eigenvalue weighted by molar-refractivity contribution is -0.127. The van der Waals surface area contributed by atoms with E-state index in [9.17, 15) is 4.79 Å². The van der Waals surface area contributed by atoms with Gasteiger partial charge in [0, 0.05) is 31.7 Å². The van der Waals surface area contributed by atoms with Crippen molar-refractivity contribution in [1.82, 2.24) is 15.1 Å². The van der Waals surface area contributed by atoms with Gasteiger partial charge in [0.15, 0.2) is 0 Å². The van der Waals surface area contributed by atoms with E-state index in [0.29, 0.717) is 12.5 Å². The van der Waals surface area contributed by atoms with Crippen molar-refractivity contribution in [3.63, 3.8) is 0 Å². The highest BCUT2D eigenvalue weighted by molar-refractivity contribution is 5.79.